The average Bonchev–Trinajstić information content (AvgIpc) is 3.51. The quantitative estimate of drug-likeness (QED) is 0.504. The van der Waals surface area contributed by atoms with Crippen LogP contribution in [0.15, 0.2) is 67.1 Å². The third kappa shape index (κ3) is 2.59. The molecule has 1 aliphatic carbocycles. The number of anilines is 1. The second-order valence-corrected chi connectivity index (χ2v) is 7.48. The van der Waals surface area contributed by atoms with Crippen molar-refractivity contribution < 1.29 is 0 Å². The molecule has 6 rings (SSSR count). The van der Waals surface area contributed by atoms with Crippen LogP contribution < -0.4 is 5.73 Å². The van der Waals surface area contributed by atoms with Gasteiger partial charge in [0.15, 0.2) is 17.3 Å². The molecule has 4 heterocycles. The van der Waals surface area contributed by atoms with E-state index in [0.717, 1.165) is 46.9 Å². The van der Waals surface area contributed by atoms with Crippen molar-refractivity contribution in [3.05, 3.63) is 78.2 Å². The van der Waals surface area contributed by atoms with Gasteiger partial charge in [-0.1, -0.05) is 6.07 Å². The number of aryl methyl sites for hydroxylation is 2. The first-order valence-electron chi connectivity index (χ1n) is 10.0. The summed E-state index contributed by atoms with van der Waals surface area (Å²) in [7, 11) is 0. The lowest BCUT2D eigenvalue weighted by Gasteiger charge is -2.12. The van der Waals surface area contributed by atoms with Crippen LogP contribution in [0.5, 0.6) is 0 Å². The van der Waals surface area contributed by atoms with E-state index in [-0.39, 0.29) is 0 Å². The van der Waals surface area contributed by atoms with Crippen LogP contribution in [-0.4, -0.2) is 29.3 Å². The zero-order chi connectivity index (χ0) is 20.1. The van der Waals surface area contributed by atoms with Crippen molar-refractivity contribution in [1.29, 1.82) is 0 Å². The van der Waals surface area contributed by atoms with E-state index < -0.39 is 0 Å². The highest BCUT2D eigenvalue weighted by atomic mass is 15.3. The summed E-state index contributed by atoms with van der Waals surface area (Å²) in [6.45, 7) is 0. The maximum Gasteiger partial charge on any atom is 0.167 e. The van der Waals surface area contributed by atoms with Gasteiger partial charge in [0.1, 0.15) is 11.3 Å². The molecule has 0 unspecified atom stereocenters. The first-order valence-corrected chi connectivity index (χ1v) is 10.0. The van der Waals surface area contributed by atoms with Crippen LogP contribution in [0.25, 0.3) is 34.1 Å². The first-order chi connectivity index (χ1) is 14.8. The fourth-order valence-corrected chi connectivity index (χ4v) is 4.21. The molecule has 0 atom stereocenters. The standard InChI is InChI=1S/C23H19N7/c24-21-18(6-2-11-25-21)22-27-19-9-10-20(29-13-3-12-26-29)28-23(19)30(22)17-8-7-15-4-1-5-16(15)14-17/h2-3,6-14H,1,4-5H2,(H2,24,25). The summed E-state index contributed by atoms with van der Waals surface area (Å²) in [5, 5.41) is 4.32. The number of fused-ring (bicyclic) bond motifs is 2. The zero-order valence-corrected chi connectivity index (χ0v) is 16.2. The Morgan fingerprint density at radius 3 is 2.70 bits per heavy atom. The van der Waals surface area contributed by atoms with Crippen LogP contribution in [-0.2, 0) is 12.8 Å². The van der Waals surface area contributed by atoms with Gasteiger partial charge in [0.2, 0.25) is 0 Å². The van der Waals surface area contributed by atoms with Gasteiger partial charge in [0.25, 0.3) is 0 Å². The van der Waals surface area contributed by atoms with Gasteiger partial charge in [-0.25, -0.2) is 19.6 Å². The molecule has 0 saturated carbocycles. The second kappa shape index (κ2) is 6.52. The number of nitrogens with two attached hydrogens (primary N) is 1. The molecule has 4 aromatic heterocycles. The smallest absolute Gasteiger partial charge is 0.167 e. The van der Waals surface area contributed by atoms with Crippen molar-refractivity contribution in [3.63, 3.8) is 0 Å². The second-order valence-electron chi connectivity index (χ2n) is 7.48. The Morgan fingerprint density at radius 1 is 0.900 bits per heavy atom. The number of nitrogen functional groups attached to an aromatic ring is 1. The van der Waals surface area contributed by atoms with Crippen LogP contribution in [0.3, 0.4) is 0 Å². The largest absolute Gasteiger partial charge is 0.383 e. The van der Waals surface area contributed by atoms with Crippen molar-refractivity contribution in [2.24, 2.45) is 0 Å². The molecule has 0 fully saturated rings. The van der Waals surface area contributed by atoms with Gasteiger partial charge in [-0.05, 0) is 72.9 Å². The van der Waals surface area contributed by atoms with E-state index in [2.05, 4.69) is 32.8 Å². The van der Waals surface area contributed by atoms with Gasteiger partial charge in [-0.2, -0.15) is 5.10 Å². The van der Waals surface area contributed by atoms with Crippen LogP contribution in [0.2, 0.25) is 0 Å². The number of imidazole rings is 1. The molecule has 146 valence electrons. The van der Waals surface area contributed by atoms with Gasteiger partial charge < -0.3 is 5.73 Å². The number of aromatic nitrogens is 6. The predicted molar refractivity (Wildman–Crippen MR) is 116 cm³/mol. The fraction of sp³-hybridized carbons (Fsp3) is 0.130. The highest BCUT2D eigenvalue weighted by Gasteiger charge is 2.20. The van der Waals surface area contributed by atoms with E-state index in [1.165, 1.54) is 17.5 Å². The molecule has 1 aliphatic rings. The Hall–Kier alpha value is -4.00. The number of hydrogen-bond donors (Lipinski definition) is 1. The minimum Gasteiger partial charge on any atom is -0.383 e. The SMILES string of the molecule is Nc1ncccc1-c1nc2ccc(-n3cccn3)nc2n1-c1ccc2c(c1)CCC2. The molecule has 0 spiro atoms. The van der Waals surface area contributed by atoms with Crippen LogP contribution in [0, 0.1) is 0 Å². The van der Waals surface area contributed by atoms with Gasteiger partial charge in [0, 0.05) is 24.3 Å². The molecular weight excluding hydrogens is 374 g/mol. The van der Waals surface area contributed by atoms with Crippen molar-refractivity contribution in [1.82, 2.24) is 29.3 Å². The summed E-state index contributed by atoms with van der Waals surface area (Å²) in [5.41, 5.74) is 12.4. The molecular formula is C23H19N7. The normalized spacial score (nSPS) is 13.1. The van der Waals surface area contributed by atoms with E-state index in [9.17, 15) is 0 Å². The van der Waals surface area contributed by atoms with E-state index >= 15 is 0 Å². The summed E-state index contributed by atoms with van der Waals surface area (Å²) in [6.07, 6.45) is 8.76. The maximum absolute atomic E-state index is 6.22. The van der Waals surface area contributed by atoms with E-state index in [1.54, 1.807) is 17.1 Å². The third-order valence-electron chi connectivity index (χ3n) is 5.65. The summed E-state index contributed by atoms with van der Waals surface area (Å²) in [4.78, 5) is 14.1. The average molecular weight is 393 g/mol. The molecule has 2 N–H and O–H groups in total. The van der Waals surface area contributed by atoms with Gasteiger partial charge in [-0.15, -0.1) is 0 Å². The van der Waals surface area contributed by atoms with Gasteiger partial charge >= 0.3 is 0 Å². The summed E-state index contributed by atoms with van der Waals surface area (Å²) >= 11 is 0. The molecule has 1 aromatic carbocycles. The summed E-state index contributed by atoms with van der Waals surface area (Å²) in [6, 6.07) is 16.2. The summed E-state index contributed by atoms with van der Waals surface area (Å²) < 4.78 is 3.83. The van der Waals surface area contributed by atoms with Crippen LogP contribution in [0.1, 0.15) is 17.5 Å². The predicted octanol–water partition coefficient (Wildman–Crippen LogP) is 3.74. The Labute approximate surface area is 172 Å². The van der Waals surface area contributed by atoms with Crippen LogP contribution >= 0.6 is 0 Å². The third-order valence-corrected chi connectivity index (χ3v) is 5.65. The van der Waals surface area contributed by atoms with Crippen molar-refractivity contribution in [3.8, 4) is 22.9 Å². The molecule has 5 aromatic rings. The Balaban J connectivity index is 1.65. The number of benzene rings is 1. The molecule has 0 amide bonds. The van der Waals surface area contributed by atoms with E-state index in [4.69, 9.17) is 15.7 Å². The van der Waals surface area contributed by atoms with Crippen molar-refractivity contribution >= 4 is 17.0 Å². The number of pyridine rings is 2. The molecule has 30 heavy (non-hydrogen) atoms. The molecule has 0 saturated heterocycles. The van der Waals surface area contributed by atoms with Gasteiger partial charge in [-0.3, -0.25) is 4.57 Å². The fourth-order valence-electron chi connectivity index (χ4n) is 4.21. The monoisotopic (exact) mass is 393 g/mol. The lowest BCUT2D eigenvalue weighted by molar-refractivity contribution is 0.849. The maximum atomic E-state index is 6.22. The highest BCUT2D eigenvalue weighted by Crippen LogP contribution is 2.32. The molecule has 0 aliphatic heterocycles. The van der Waals surface area contributed by atoms with Crippen LogP contribution in [0.4, 0.5) is 5.82 Å². The topological polar surface area (TPSA) is 87.4 Å². The Kier molecular flexibility index (Phi) is 3.67. The highest BCUT2D eigenvalue weighted by molar-refractivity contribution is 5.83. The Morgan fingerprint density at radius 2 is 1.83 bits per heavy atom. The zero-order valence-electron chi connectivity index (χ0n) is 16.2. The summed E-state index contributed by atoms with van der Waals surface area (Å²) in [5.74, 6) is 1.92. The van der Waals surface area contributed by atoms with Gasteiger partial charge in [0.05, 0.1) is 5.56 Å². The Bertz CT molecular complexity index is 1380. The molecule has 7 nitrogen and oxygen atoms in total. The number of rotatable bonds is 3. The molecule has 0 radical (unpaired) electrons. The van der Waals surface area contributed by atoms with E-state index in [0.29, 0.717) is 5.82 Å². The van der Waals surface area contributed by atoms with E-state index in [1.807, 2.05) is 36.5 Å². The minimum absolute atomic E-state index is 0.447. The minimum atomic E-state index is 0.447. The lowest BCUT2D eigenvalue weighted by atomic mass is 10.1. The number of nitrogens with zero attached hydrogens (tertiary/aromatic N) is 6. The van der Waals surface area contributed by atoms with Crippen molar-refractivity contribution in [2.45, 2.75) is 19.3 Å². The first kappa shape index (κ1) is 16.9. The molecule has 7 heteroatoms. The lowest BCUT2D eigenvalue weighted by Crippen LogP contribution is -2.04. The molecule has 0 bridgehead atoms. The number of hydrogen-bond acceptors (Lipinski definition) is 5. The van der Waals surface area contributed by atoms with Crippen molar-refractivity contribution in [2.75, 3.05) is 5.73 Å².